The van der Waals surface area contributed by atoms with E-state index in [9.17, 15) is 4.79 Å². The topological polar surface area (TPSA) is 50.2 Å². The first-order valence-corrected chi connectivity index (χ1v) is 4.38. The van der Waals surface area contributed by atoms with E-state index in [1.54, 1.807) is 6.20 Å². The molecule has 1 heterocycles. The van der Waals surface area contributed by atoms with Crippen LogP contribution in [0, 0.1) is 0 Å². The van der Waals surface area contributed by atoms with Gasteiger partial charge in [-0.1, -0.05) is 13.0 Å². The molecule has 1 N–H and O–H groups in total. The first kappa shape index (κ1) is 12.9. The highest BCUT2D eigenvalue weighted by atomic mass is 35.5. The summed E-state index contributed by atoms with van der Waals surface area (Å²) in [5, 5.41) is 8.45. The van der Waals surface area contributed by atoms with Gasteiger partial charge in [0.25, 0.3) is 0 Å². The number of halogens is 1. The van der Waals surface area contributed by atoms with E-state index in [1.807, 2.05) is 12.1 Å². The summed E-state index contributed by atoms with van der Waals surface area (Å²) in [5.41, 5.74) is 2.03. The van der Waals surface area contributed by atoms with Crippen LogP contribution in [0.4, 0.5) is 0 Å². The fourth-order valence-electron chi connectivity index (χ4n) is 1.05. The first-order chi connectivity index (χ1) is 6.22. The van der Waals surface area contributed by atoms with Gasteiger partial charge in [0, 0.05) is 18.3 Å². The van der Waals surface area contributed by atoms with Crippen LogP contribution in [-0.2, 0) is 17.6 Å². The Morgan fingerprint density at radius 3 is 2.64 bits per heavy atom. The van der Waals surface area contributed by atoms with Crippen molar-refractivity contribution in [1.82, 2.24) is 4.98 Å². The summed E-state index contributed by atoms with van der Waals surface area (Å²) in [6.07, 6.45) is 3.43. The van der Waals surface area contributed by atoms with Crippen LogP contribution < -0.4 is 0 Å². The second-order valence-corrected chi connectivity index (χ2v) is 2.91. The van der Waals surface area contributed by atoms with E-state index in [1.165, 1.54) is 5.56 Å². The summed E-state index contributed by atoms with van der Waals surface area (Å²) in [5.74, 6) is -0.777. The third-order valence-electron chi connectivity index (χ3n) is 1.89. The fourth-order valence-corrected chi connectivity index (χ4v) is 1.05. The largest absolute Gasteiger partial charge is 0.481 e. The molecule has 0 atom stereocenters. The van der Waals surface area contributed by atoms with Crippen LogP contribution in [0.5, 0.6) is 0 Å². The highest BCUT2D eigenvalue weighted by Crippen LogP contribution is 2.03. The van der Waals surface area contributed by atoms with Crippen molar-refractivity contribution in [2.75, 3.05) is 0 Å². The molecule has 1 aromatic heterocycles. The monoisotopic (exact) mass is 215 g/mol. The van der Waals surface area contributed by atoms with Crippen LogP contribution in [0.2, 0.25) is 0 Å². The maximum absolute atomic E-state index is 10.3. The third kappa shape index (κ3) is 4.23. The van der Waals surface area contributed by atoms with Crippen molar-refractivity contribution < 1.29 is 9.90 Å². The van der Waals surface area contributed by atoms with Crippen molar-refractivity contribution in [3.63, 3.8) is 0 Å². The SMILES string of the molecule is CCc1ccc(CCC(=O)O)nc1.Cl. The standard InChI is InChI=1S/C10H13NO2.ClH/c1-2-8-3-4-9(11-7-8)5-6-10(12)13;/h3-4,7H,2,5-6H2,1H3,(H,12,13);1H. The van der Waals surface area contributed by atoms with Gasteiger partial charge < -0.3 is 5.11 Å². The van der Waals surface area contributed by atoms with E-state index in [-0.39, 0.29) is 18.8 Å². The van der Waals surface area contributed by atoms with Gasteiger partial charge in [0.15, 0.2) is 0 Å². The molecule has 0 amide bonds. The van der Waals surface area contributed by atoms with Gasteiger partial charge in [0.1, 0.15) is 0 Å². The molecule has 0 spiro atoms. The smallest absolute Gasteiger partial charge is 0.303 e. The molecule has 0 radical (unpaired) electrons. The van der Waals surface area contributed by atoms with E-state index in [4.69, 9.17) is 5.11 Å². The summed E-state index contributed by atoms with van der Waals surface area (Å²) in [4.78, 5) is 14.4. The van der Waals surface area contributed by atoms with Crippen LogP contribution in [0.25, 0.3) is 0 Å². The summed E-state index contributed by atoms with van der Waals surface area (Å²) in [7, 11) is 0. The van der Waals surface area contributed by atoms with Crippen molar-refractivity contribution >= 4 is 18.4 Å². The van der Waals surface area contributed by atoms with Crippen LogP contribution >= 0.6 is 12.4 Å². The number of nitrogens with zero attached hydrogens (tertiary/aromatic N) is 1. The maximum Gasteiger partial charge on any atom is 0.303 e. The molecule has 0 saturated heterocycles. The zero-order chi connectivity index (χ0) is 9.68. The molecule has 0 bridgehead atoms. The second-order valence-electron chi connectivity index (χ2n) is 2.91. The molecular formula is C10H14ClNO2. The molecule has 3 nitrogen and oxygen atoms in total. The average Bonchev–Trinajstić information content (AvgIpc) is 2.15. The van der Waals surface area contributed by atoms with Crippen LogP contribution in [0.1, 0.15) is 24.6 Å². The number of aromatic nitrogens is 1. The Morgan fingerprint density at radius 2 is 2.21 bits per heavy atom. The van der Waals surface area contributed by atoms with Gasteiger partial charge in [0.05, 0.1) is 6.42 Å². The molecule has 0 saturated carbocycles. The molecule has 14 heavy (non-hydrogen) atoms. The first-order valence-electron chi connectivity index (χ1n) is 4.38. The van der Waals surface area contributed by atoms with Crippen molar-refractivity contribution in [2.24, 2.45) is 0 Å². The lowest BCUT2D eigenvalue weighted by molar-refractivity contribution is -0.136. The van der Waals surface area contributed by atoms with Gasteiger partial charge in [-0.2, -0.15) is 0 Å². The minimum atomic E-state index is -0.777. The van der Waals surface area contributed by atoms with Crippen LogP contribution in [0.3, 0.4) is 0 Å². The van der Waals surface area contributed by atoms with Crippen molar-refractivity contribution in [3.05, 3.63) is 29.6 Å². The molecule has 0 aliphatic heterocycles. The zero-order valence-corrected chi connectivity index (χ0v) is 8.88. The Morgan fingerprint density at radius 1 is 1.50 bits per heavy atom. The van der Waals surface area contributed by atoms with Crippen LogP contribution in [-0.4, -0.2) is 16.1 Å². The number of carboxylic acid groups (broad SMARTS) is 1. The lowest BCUT2D eigenvalue weighted by Crippen LogP contribution is -1.99. The molecule has 0 aliphatic carbocycles. The molecule has 1 rings (SSSR count). The summed E-state index contributed by atoms with van der Waals surface area (Å²) >= 11 is 0. The van der Waals surface area contributed by atoms with Gasteiger partial charge in [-0.05, 0) is 18.1 Å². The van der Waals surface area contributed by atoms with E-state index in [0.717, 1.165) is 12.1 Å². The number of pyridine rings is 1. The Balaban J connectivity index is 0.00000169. The quantitative estimate of drug-likeness (QED) is 0.837. The van der Waals surface area contributed by atoms with E-state index < -0.39 is 5.97 Å². The van der Waals surface area contributed by atoms with Gasteiger partial charge in [-0.15, -0.1) is 12.4 Å². The van der Waals surface area contributed by atoms with Crippen molar-refractivity contribution in [3.8, 4) is 0 Å². The number of hydrogen-bond donors (Lipinski definition) is 1. The lowest BCUT2D eigenvalue weighted by atomic mass is 10.1. The van der Waals surface area contributed by atoms with E-state index >= 15 is 0 Å². The molecule has 0 unspecified atom stereocenters. The zero-order valence-electron chi connectivity index (χ0n) is 8.06. The average molecular weight is 216 g/mol. The molecule has 4 heteroatoms. The minimum absolute atomic E-state index is 0. The summed E-state index contributed by atoms with van der Waals surface area (Å²) < 4.78 is 0. The number of rotatable bonds is 4. The normalized spacial score (nSPS) is 9.21. The van der Waals surface area contributed by atoms with Gasteiger partial charge in [-0.25, -0.2) is 0 Å². The lowest BCUT2D eigenvalue weighted by Gasteiger charge is -1.99. The number of carbonyl (C=O) groups is 1. The van der Waals surface area contributed by atoms with E-state index in [0.29, 0.717) is 6.42 Å². The summed E-state index contributed by atoms with van der Waals surface area (Å²) in [6, 6.07) is 3.88. The highest BCUT2D eigenvalue weighted by Gasteiger charge is 1.99. The predicted molar refractivity (Wildman–Crippen MR) is 56.8 cm³/mol. The van der Waals surface area contributed by atoms with E-state index in [2.05, 4.69) is 11.9 Å². The Bertz CT molecular complexity index is 285. The Labute approximate surface area is 89.6 Å². The van der Waals surface area contributed by atoms with Gasteiger partial charge in [-0.3, -0.25) is 9.78 Å². The van der Waals surface area contributed by atoms with Gasteiger partial charge in [0.2, 0.25) is 0 Å². The summed E-state index contributed by atoms with van der Waals surface area (Å²) in [6.45, 7) is 2.06. The van der Waals surface area contributed by atoms with Crippen molar-refractivity contribution in [2.45, 2.75) is 26.2 Å². The van der Waals surface area contributed by atoms with Crippen LogP contribution in [0.15, 0.2) is 18.3 Å². The molecular weight excluding hydrogens is 202 g/mol. The highest BCUT2D eigenvalue weighted by molar-refractivity contribution is 5.85. The fraction of sp³-hybridized carbons (Fsp3) is 0.400. The molecule has 0 fully saturated rings. The Hall–Kier alpha value is -1.09. The number of aryl methyl sites for hydroxylation is 2. The number of hydrogen-bond acceptors (Lipinski definition) is 2. The van der Waals surface area contributed by atoms with Crippen molar-refractivity contribution in [1.29, 1.82) is 0 Å². The maximum atomic E-state index is 10.3. The number of carboxylic acids is 1. The third-order valence-corrected chi connectivity index (χ3v) is 1.89. The molecule has 0 aliphatic rings. The Kier molecular flexibility index (Phi) is 5.88. The molecule has 0 aromatic carbocycles. The second kappa shape index (κ2) is 6.38. The van der Waals surface area contributed by atoms with Gasteiger partial charge >= 0.3 is 5.97 Å². The molecule has 78 valence electrons. The predicted octanol–water partition coefficient (Wildman–Crippen LogP) is 2.08. The minimum Gasteiger partial charge on any atom is -0.481 e. The molecule has 1 aromatic rings. The number of aliphatic carboxylic acids is 1.